The lowest BCUT2D eigenvalue weighted by molar-refractivity contribution is -0.137. The predicted octanol–water partition coefficient (Wildman–Crippen LogP) is 7.45. The number of aromatic nitrogens is 2. The first-order chi connectivity index (χ1) is 19.6. The fourth-order valence-corrected chi connectivity index (χ4v) is 4.55. The average Bonchev–Trinajstić information content (AvgIpc) is 3.26. The molecule has 1 aromatic heterocycles. The Labute approximate surface area is 237 Å². The second-order valence-corrected chi connectivity index (χ2v) is 9.67. The van der Waals surface area contributed by atoms with Gasteiger partial charge in [-0.3, -0.25) is 4.79 Å². The van der Waals surface area contributed by atoms with E-state index in [1.165, 1.54) is 23.1 Å². The Bertz CT molecular complexity index is 1520. The van der Waals surface area contributed by atoms with Gasteiger partial charge >= 0.3 is 12.2 Å². The van der Waals surface area contributed by atoms with E-state index < -0.39 is 23.7 Å². The van der Waals surface area contributed by atoms with Crippen LogP contribution in [0.3, 0.4) is 0 Å². The van der Waals surface area contributed by atoms with Crippen LogP contribution in [0.15, 0.2) is 78.9 Å². The number of benzene rings is 3. The van der Waals surface area contributed by atoms with Gasteiger partial charge in [-0.25, -0.2) is 9.48 Å². The molecular formula is C31H32F3N5O2. The van der Waals surface area contributed by atoms with E-state index in [-0.39, 0.29) is 18.8 Å². The van der Waals surface area contributed by atoms with Gasteiger partial charge in [-0.15, -0.1) is 0 Å². The van der Waals surface area contributed by atoms with Gasteiger partial charge < -0.3 is 15.5 Å². The maximum atomic E-state index is 13.5. The number of unbranched alkanes of at least 4 members (excludes halogenated alkanes) is 1. The first-order valence-electron chi connectivity index (χ1n) is 13.3. The monoisotopic (exact) mass is 563 g/mol. The fourth-order valence-electron chi connectivity index (χ4n) is 4.55. The first-order valence-corrected chi connectivity index (χ1v) is 13.3. The van der Waals surface area contributed by atoms with Gasteiger partial charge in [0.1, 0.15) is 12.4 Å². The lowest BCUT2D eigenvalue weighted by atomic mass is 10.1. The molecule has 0 radical (unpaired) electrons. The highest BCUT2D eigenvalue weighted by Gasteiger charge is 2.34. The molecule has 41 heavy (non-hydrogen) atoms. The Kier molecular flexibility index (Phi) is 9.11. The number of hydrogen-bond donors (Lipinski definition) is 2. The number of amides is 3. The van der Waals surface area contributed by atoms with Gasteiger partial charge in [0.15, 0.2) is 0 Å². The zero-order valence-corrected chi connectivity index (χ0v) is 23.1. The Morgan fingerprint density at radius 2 is 1.56 bits per heavy atom. The molecule has 0 aliphatic rings. The Morgan fingerprint density at radius 3 is 2.24 bits per heavy atom. The number of carbonyl (C=O) groups excluding carboxylic acids is 2. The summed E-state index contributed by atoms with van der Waals surface area (Å²) in [6.45, 7) is 5.53. The van der Waals surface area contributed by atoms with Crippen LogP contribution in [0.5, 0.6) is 0 Å². The van der Waals surface area contributed by atoms with Crippen molar-refractivity contribution in [3.8, 4) is 16.8 Å². The van der Waals surface area contributed by atoms with Crippen molar-refractivity contribution < 1.29 is 22.8 Å². The topological polar surface area (TPSA) is 79.3 Å². The molecule has 3 aromatic carbocycles. The van der Waals surface area contributed by atoms with E-state index in [1.54, 1.807) is 4.68 Å². The van der Waals surface area contributed by atoms with Crippen molar-refractivity contribution >= 4 is 23.4 Å². The zero-order chi connectivity index (χ0) is 29.6. The van der Waals surface area contributed by atoms with Gasteiger partial charge in [0.05, 0.1) is 22.6 Å². The number of urea groups is 1. The second-order valence-electron chi connectivity index (χ2n) is 9.67. The highest BCUT2D eigenvalue weighted by Crippen LogP contribution is 2.35. The third-order valence-electron chi connectivity index (χ3n) is 6.60. The summed E-state index contributed by atoms with van der Waals surface area (Å²) in [5.74, 6) is -0.0708. The van der Waals surface area contributed by atoms with Gasteiger partial charge in [0.2, 0.25) is 5.91 Å². The highest BCUT2D eigenvalue weighted by molar-refractivity contribution is 5.99. The Balaban J connectivity index is 1.64. The lowest BCUT2D eigenvalue weighted by Crippen LogP contribution is -2.41. The number of rotatable bonds is 9. The van der Waals surface area contributed by atoms with E-state index in [4.69, 9.17) is 5.10 Å². The summed E-state index contributed by atoms with van der Waals surface area (Å²) >= 11 is 0. The minimum atomic E-state index is -4.64. The number of carbonyl (C=O) groups is 2. The maximum Gasteiger partial charge on any atom is 0.418 e. The van der Waals surface area contributed by atoms with Crippen molar-refractivity contribution in [2.24, 2.45) is 0 Å². The van der Waals surface area contributed by atoms with Crippen LogP contribution in [-0.2, 0) is 11.0 Å². The fraction of sp³-hybridized carbons (Fsp3) is 0.258. The van der Waals surface area contributed by atoms with Crippen LogP contribution >= 0.6 is 0 Å². The van der Waals surface area contributed by atoms with E-state index >= 15 is 0 Å². The summed E-state index contributed by atoms with van der Waals surface area (Å²) < 4.78 is 42.2. The minimum absolute atomic E-state index is 0.186. The molecule has 0 bridgehead atoms. The molecule has 0 spiro atoms. The average molecular weight is 564 g/mol. The van der Waals surface area contributed by atoms with E-state index in [0.717, 1.165) is 34.9 Å². The maximum absolute atomic E-state index is 13.5. The number of hydrogen-bond acceptors (Lipinski definition) is 3. The number of para-hydroxylation sites is 2. The number of nitrogens with one attached hydrogen (secondary N) is 2. The van der Waals surface area contributed by atoms with Gasteiger partial charge in [0.25, 0.3) is 0 Å². The van der Waals surface area contributed by atoms with Crippen molar-refractivity contribution in [2.45, 2.75) is 39.8 Å². The quantitative estimate of drug-likeness (QED) is 0.222. The summed E-state index contributed by atoms with van der Waals surface area (Å²) in [6.07, 6.45) is -3.35. The van der Waals surface area contributed by atoms with Crippen LogP contribution < -0.4 is 10.6 Å². The van der Waals surface area contributed by atoms with Crippen LogP contribution in [0.4, 0.5) is 29.5 Å². The molecule has 10 heteroatoms. The molecule has 0 aliphatic carbocycles. The van der Waals surface area contributed by atoms with Gasteiger partial charge in [-0.1, -0.05) is 74.0 Å². The summed E-state index contributed by atoms with van der Waals surface area (Å²) in [5, 5.41) is 10.0. The first kappa shape index (κ1) is 29.4. The molecule has 0 saturated heterocycles. The summed E-state index contributed by atoms with van der Waals surface area (Å²) in [5.41, 5.74) is 2.66. The van der Waals surface area contributed by atoms with Gasteiger partial charge in [0, 0.05) is 12.1 Å². The number of nitrogens with zero attached hydrogens (tertiary/aromatic N) is 3. The third kappa shape index (κ3) is 6.95. The second kappa shape index (κ2) is 12.7. The van der Waals surface area contributed by atoms with Crippen LogP contribution in [0.25, 0.3) is 16.8 Å². The van der Waals surface area contributed by atoms with Crippen molar-refractivity contribution in [3.05, 3.63) is 95.7 Å². The molecule has 4 aromatic rings. The van der Waals surface area contributed by atoms with E-state index in [1.807, 2.05) is 75.4 Å². The summed E-state index contributed by atoms with van der Waals surface area (Å²) in [4.78, 5) is 27.9. The molecule has 0 aliphatic heterocycles. The molecule has 0 atom stereocenters. The molecule has 0 fully saturated rings. The van der Waals surface area contributed by atoms with Crippen molar-refractivity contribution in [1.82, 2.24) is 14.7 Å². The molecule has 2 N–H and O–H groups in total. The van der Waals surface area contributed by atoms with Crippen LogP contribution in [0.2, 0.25) is 0 Å². The van der Waals surface area contributed by atoms with Crippen molar-refractivity contribution in [2.75, 3.05) is 23.7 Å². The zero-order valence-electron chi connectivity index (χ0n) is 23.1. The smallest absolute Gasteiger partial charge is 0.315 e. The molecule has 214 valence electrons. The molecule has 1 heterocycles. The molecule has 7 nitrogen and oxygen atoms in total. The predicted molar refractivity (Wildman–Crippen MR) is 154 cm³/mol. The molecular weight excluding hydrogens is 531 g/mol. The van der Waals surface area contributed by atoms with Crippen LogP contribution in [0, 0.1) is 13.8 Å². The van der Waals surface area contributed by atoms with Crippen LogP contribution in [-0.4, -0.2) is 39.7 Å². The summed E-state index contributed by atoms with van der Waals surface area (Å²) in [6, 6.07) is 21.1. The van der Waals surface area contributed by atoms with E-state index in [2.05, 4.69) is 10.6 Å². The molecule has 4 rings (SSSR count). The Morgan fingerprint density at radius 1 is 0.902 bits per heavy atom. The third-order valence-corrected chi connectivity index (χ3v) is 6.60. The molecule has 3 amide bonds. The normalized spacial score (nSPS) is 11.3. The standard InChI is InChI=1S/C31H32F3N5O2/c1-4-5-19-38(30(41)35-25-17-11-10-16-24(25)31(32,33)34)20-27(40)36-29-28(23-14-7-6-8-15-23)22(3)37-39(29)26-18-12-9-13-21(26)2/h6-18H,4-5,19-20H2,1-3H3,(H,35,41)(H,36,40). The van der Waals surface area contributed by atoms with Crippen LogP contribution in [0.1, 0.15) is 36.6 Å². The molecule has 0 unspecified atom stereocenters. The Hall–Kier alpha value is -4.60. The molecule has 0 saturated carbocycles. The highest BCUT2D eigenvalue weighted by atomic mass is 19.4. The summed E-state index contributed by atoms with van der Waals surface area (Å²) in [7, 11) is 0. The SMILES string of the molecule is CCCCN(CC(=O)Nc1c(-c2ccccc2)c(C)nn1-c1ccccc1C)C(=O)Nc1ccccc1C(F)(F)F. The van der Waals surface area contributed by atoms with Crippen molar-refractivity contribution in [1.29, 1.82) is 0 Å². The lowest BCUT2D eigenvalue weighted by Gasteiger charge is -2.24. The number of anilines is 2. The number of halogens is 3. The minimum Gasteiger partial charge on any atom is -0.315 e. The number of aryl methyl sites for hydroxylation is 2. The van der Waals surface area contributed by atoms with Crippen molar-refractivity contribution in [3.63, 3.8) is 0 Å². The van der Waals surface area contributed by atoms with E-state index in [0.29, 0.717) is 17.9 Å². The largest absolute Gasteiger partial charge is 0.418 e. The number of alkyl halides is 3. The van der Waals surface area contributed by atoms with Gasteiger partial charge in [-0.2, -0.15) is 18.3 Å². The van der Waals surface area contributed by atoms with E-state index in [9.17, 15) is 22.8 Å². The van der Waals surface area contributed by atoms with Gasteiger partial charge in [-0.05, 0) is 49.6 Å².